The number of esters is 2. The molecule has 0 amide bonds. The van der Waals surface area contributed by atoms with E-state index in [1.54, 1.807) is 32.9 Å². The molecule has 2 spiro atoms. The number of hydrogen-bond donors (Lipinski definition) is 2. The Morgan fingerprint density at radius 1 is 0.902 bits per heavy atom. The van der Waals surface area contributed by atoms with E-state index in [9.17, 15) is 37.8 Å². The van der Waals surface area contributed by atoms with Gasteiger partial charge in [0.15, 0.2) is 18.5 Å². The summed E-state index contributed by atoms with van der Waals surface area (Å²) >= 11 is 0. The summed E-state index contributed by atoms with van der Waals surface area (Å²) < 4.78 is 82.8. The van der Waals surface area contributed by atoms with E-state index in [0.29, 0.717) is 57.8 Å². The molecule has 0 aliphatic carbocycles. The van der Waals surface area contributed by atoms with Crippen molar-refractivity contribution in [1.82, 2.24) is 0 Å². The first-order valence-electron chi connectivity index (χ1n) is 22.8. The molecule has 61 heavy (non-hydrogen) atoms. The van der Waals surface area contributed by atoms with Crippen LogP contribution in [-0.2, 0) is 47.5 Å². The van der Waals surface area contributed by atoms with Crippen LogP contribution in [0.5, 0.6) is 0 Å². The van der Waals surface area contributed by atoms with Crippen molar-refractivity contribution in [2.45, 2.75) is 212 Å². The molecule has 0 saturated carbocycles. The van der Waals surface area contributed by atoms with E-state index in [4.69, 9.17) is 28.4 Å². The Bertz CT molecular complexity index is 1580. The summed E-state index contributed by atoms with van der Waals surface area (Å²) in [6.07, 6.45) is -0.845. The third kappa shape index (κ3) is 10.4. The second kappa shape index (κ2) is 19.1. The molecule has 0 bridgehead atoms. The van der Waals surface area contributed by atoms with Crippen LogP contribution < -0.4 is 0 Å². The molecule has 0 aromatic carbocycles. The maximum atomic E-state index is 14.6. The molecule has 0 unspecified atom stereocenters. The first-order chi connectivity index (χ1) is 28.4. The number of alkyl halides is 3. The third-order valence-corrected chi connectivity index (χ3v) is 15.1. The van der Waals surface area contributed by atoms with Gasteiger partial charge in [-0.2, -0.15) is 13.2 Å². The van der Waals surface area contributed by atoms with E-state index >= 15 is 0 Å². The minimum atomic E-state index is -4.65. The fourth-order valence-electron chi connectivity index (χ4n) is 11.0. The smallest absolute Gasteiger partial charge is 0.422 e. The SMILES string of the molecule is CC[C@@H](C(=O)[C@@H](C)[C@@H](O)[C@H](C)[C@@H]1O[C@@H]([C@@H](CC)C(=O)OCC(F)(F)F)CC[C@@H]1C)[C@H]1O[C@]2(C=C[C@@H](OC(C)=O)[C@]3(CC[C@@](C)([C@H]4CC[C@](O)(CC)[C@H](C)O4)O3)O2)[C@H](C)C[C@@H]1C. The van der Waals surface area contributed by atoms with Gasteiger partial charge in [0.05, 0.1) is 53.7 Å². The molecular formula is C46H73F3O12. The Hall–Kier alpha value is -2.14. The van der Waals surface area contributed by atoms with Gasteiger partial charge in [0.1, 0.15) is 5.78 Å². The Morgan fingerprint density at radius 3 is 2.16 bits per heavy atom. The van der Waals surface area contributed by atoms with Crippen molar-refractivity contribution in [2.75, 3.05) is 6.61 Å². The van der Waals surface area contributed by atoms with Crippen molar-refractivity contribution in [1.29, 1.82) is 0 Å². The van der Waals surface area contributed by atoms with Gasteiger partial charge >= 0.3 is 18.1 Å². The molecule has 4 saturated heterocycles. The van der Waals surface area contributed by atoms with E-state index in [1.165, 1.54) is 6.92 Å². The minimum absolute atomic E-state index is 0.0531. The van der Waals surface area contributed by atoms with E-state index in [2.05, 4.69) is 4.74 Å². The minimum Gasteiger partial charge on any atom is -0.456 e. The number of ketones is 1. The Morgan fingerprint density at radius 2 is 1.57 bits per heavy atom. The highest BCUT2D eigenvalue weighted by Crippen LogP contribution is 2.54. The van der Waals surface area contributed by atoms with Crippen LogP contribution in [0.4, 0.5) is 13.2 Å². The van der Waals surface area contributed by atoms with Gasteiger partial charge < -0.3 is 43.4 Å². The second-order valence-corrected chi connectivity index (χ2v) is 19.4. The lowest BCUT2D eigenvalue weighted by Crippen LogP contribution is -2.63. The van der Waals surface area contributed by atoms with Crippen molar-refractivity contribution < 1.29 is 70.9 Å². The first-order valence-corrected chi connectivity index (χ1v) is 22.8. The molecular weight excluding hydrogens is 801 g/mol. The first kappa shape index (κ1) is 49.9. The zero-order valence-electron chi connectivity index (χ0n) is 38.1. The summed E-state index contributed by atoms with van der Waals surface area (Å²) in [6.45, 7) is 18.6. The third-order valence-electron chi connectivity index (χ3n) is 15.1. The van der Waals surface area contributed by atoms with Crippen LogP contribution in [0.3, 0.4) is 0 Å². The number of hydrogen-bond acceptors (Lipinski definition) is 12. The standard InChI is InChI=1S/C46H73F3O12/c1-12-32(41(53)55-24-46(47,48)49)34-16-15-25(4)39(58-34)29(8)37(51)28(7)38(52)33(13-2)40-26(5)23-27(6)44(59-40)20-18-36(57-31(10)50)45(61-44)22-21-42(11,60-45)35-17-19-43(54,14-3)30(9)56-35/h18,20,25-30,32-37,39-40,51,54H,12-17,19,21-24H2,1-11H3/t25-,26-,27+,28-,29-,30-,32+,33-,34+,35+,36+,37+,39+,40-,42-,43+,44-,45-/m0/s1. The van der Waals surface area contributed by atoms with Crippen LogP contribution in [0, 0.1) is 41.4 Å². The Kier molecular flexibility index (Phi) is 15.6. The summed E-state index contributed by atoms with van der Waals surface area (Å²) in [4.78, 5) is 39.8. The Labute approximate surface area is 360 Å². The highest BCUT2D eigenvalue weighted by atomic mass is 19.4. The van der Waals surface area contributed by atoms with Crippen molar-refractivity contribution in [3.63, 3.8) is 0 Å². The fourth-order valence-corrected chi connectivity index (χ4v) is 11.0. The van der Waals surface area contributed by atoms with E-state index in [-0.39, 0.29) is 36.1 Å². The van der Waals surface area contributed by atoms with Crippen LogP contribution in [0.25, 0.3) is 0 Å². The van der Waals surface area contributed by atoms with Crippen LogP contribution in [0.15, 0.2) is 12.2 Å². The number of aliphatic hydroxyl groups excluding tert-OH is 1. The molecule has 5 heterocycles. The Balaban J connectivity index is 1.33. The summed E-state index contributed by atoms with van der Waals surface area (Å²) in [5, 5.41) is 23.0. The number of carbonyl (C=O) groups is 3. The maximum absolute atomic E-state index is 14.6. The number of aliphatic hydroxyl groups is 2. The number of rotatable bonds is 14. The lowest BCUT2D eigenvalue weighted by molar-refractivity contribution is -0.409. The molecule has 5 aliphatic heterocycles. The number of carbonyl (C=O) groups excluding carboxylic acids is 3. The topological polar surface area (TPSA) is 156 Å². The number of halogens is 3. The van der Waals surface area contributed by atoms with Crippen LogP contribution in [0.2, 0.25) is 0 Å². The molecule has 0 aromatic rings. The van der Waals surface area contributed by atoms with Gasteiger partial charge in [-0.1, -0.05) is 55.4 Å². The molecule has 5 rings (SSSR count). The average Bonchev–Trinajstić information content (AvgIpc) is 3.54. The van der Waals surface area contributed by atoms with E-state index < -0.39 is 108 Å². The fraction of sp³-hybridized carbons (Fsp3) is 0.891. The molecule has 4 fully saturated rings. The highest BCUT2D eigenvalue weighted by molar-refractivity contribution is 5.84. The summed E-state index contributed by atoms with van der Waals surface area (Å²) in [5.74, 6) is -7.68. The summed E-state index contributed by atoms with van der Waals surface area (Å²) in [7, 11) is 0. The lowest BCUT2D eigenvalue weighted by atomic mass is 9.72. The van der Waals surface area contributed by atoms with Gasteiger partial charge in [0, 0.05) is 37.0 Å². The average molecular weight is 875 g/mol. The van der Waals surface area contributed by atoms with Gasteiger partial charge in [-0.05, 0) is 95.6 Å². The highest BCUT2D eigenvalue weighted by Gasteiger charge is 2.64. The van der Waals surface area contributed by atoms with Gasteiger partial charge in [-0.15, -0.1) is 0 Å². The second-order valence-electron chi connectivity index (χ2n) is 19.4. The maximum Gasteiger partial charge on any atom is 0.422 e. The molecule has 5 aliphatic rings. The molecule has 18 atom stereocenters. The van der Waals surface area contributed by atoms with Crippen molar-refractivity contribution >= 4 is 17.7 Å². The monoisotopic (exact) mass is 875 g/mol. The molecule has 15 heteroatoms. The van der Waals surface area contributed by atoms with Gasteiger partial charge in [0.25, 0.3) is 0 Å². The van der Waals surface area contributed by atoms with E-state index in [0.717, 1.165) is 0 Å². The zero-order valence-corrected chi connectivity index (χ0v) is 38.1. The normalized spacial score (nSPS) is 41.8. The number of ether oxygens (including phenoxy) is 7. The summed E-state index contributed by atoms with van der Waals surface area (Å²) in [5.41, 5.74) is -1.77. The van der Waals surface area contributed by atoms with Crippen molar-refractivity contribution in [2.24, 2.45) is 41.4 Å². The molecule has 0 aromatic heterocycles. The molecule has 2 N–H and O–H groups in total. The molecule has 0 radical (unpaired) electrons. The van der Waals surface area contributed by atoms with Gasteiger partial charge in [-0.3, -0.25) is 14.4 Å². The van der Waals surface area contributed by atoms with Crippen molar-refractivity contribution in [3.05, 3.63) is 12.2 Å². The molecule has 350 valence electrons. The van der Waals surface area contributed by atoms with Crippen LogP contribution in [-0.4, -0.2) is 106 Å². The summed E-state index contributed by atoms with van der Waals surface area (Å²) in [6, 6.07) is 0. The molecule has 12 nitrogen and oxygen atoms in total. The predicted molar refractivity (Wildman–Crippen MR) is 218 cm³/mol. The predicted octanol–water partition coefficient (Wildman–Crippen LogP) is 7.78. The quantitative estimate of drug-likeness (QED) is 0.129. The largest absolute Gasteiger partial charge is 0.456 e. The van der Waals surface area contributed by atoms with Gasteiger partial charge in [-0.25, -0.2) is 0 Å². The lowest BCUT2D eigenvalue weighted by Gasteiger charge is -2.54. The van der Waals surface area contributed by atoms with Gasteiger partial charge in [0.2, 0.25) is 5.79 Å². The number of Topliss-reactive ketones (excluding diaryl/α,β-unsaturated/α-hetero) is 1. The van der Waals surface area contributed by atoms with Crippen LogP contribution in [0.1, 0.15) is 140 Å². The zero-order chi connectivity index (χ0) is 45.5. The van der Waals surface area contributed by atoms with Crippen molar-refractivity contribution in [3.8, 4) is 0 Å². The van der Waals surface area contributed by atoms with Crippen LogP contribution >= 0.6 is 0 Å². The van der Waals surface area contributed by atoms with E-state index in [1.807, 2.05) is 48.5 Å².